The van der Waals surface area contributed by atoms with Gasteiger partial charge in [-0.2, -0.15) is 0 Å². The molecule has 132 valence electrons. The Morgan fingerprint density at radius 3 is 1.96 bits per heavy atom. The molecule has 2 saturated carbocycles. The van der Waals surface area contributed by atoms with Crippen LogP contribution in [0.2, 0.25) is 0 Å². The third kappa shape index (κ3) is 6.40. The van der Waals surface area contributed by atoms with Gasteiger partial charge in [0, 0.05) is 18.0 Å². The monoisotopic (exact) mass is 324 g/mol. The van der Waals surface area contributed by atoms with Crippen molar-refractivity contribution >= 4 is 12.0 Å². The van der Waals surface area contributed by atoms with E-state index in [-0.39, 0.29) is 24.0 Å². The molecule has 0 spiro atoms. The molecule has 2 aliphatic carbocycles. The average Bonchev–Trinajstić information content (AvgIpc) is 2.47. The average molecular weight is 324 g/mol. The maximum atomic E-state index is 12.4. The largest absolute Gasteiger partial charge is 0.444 e. The smallest absolute Gasteiger partial charge is 0.407 e. The Hall–Kier alpha value is -1.26. The van der Waals surface area contributed by atoms with E-state index in [2.05, 4.69) is 10.6 Å². The Balaban J connectivity index is 1.68. The maximum Gasteiger partial charge on any atom is 0.407 e. The Morgan fingerprint density at radius 1 is 0.826 bits per heavy atom. The fourth-order valence-electron chi connectivity index (χ4n) is 3.54. The van der Waals surface area contributed by atoms with Crippen LogP contribution in [0.25, 0.3) is 0 Å². The molecule has 5 heteroatoms. The number of carbonyl (C=O) groups is 2. The summed E-state index contributed by atoms with van der Waals surface area (Å²) in [4.78, 5) is 24.2. The first-order chi connectivity index (χ1) is 10.8. The summed E-state index contributed by atoms with van der Waals surface area (Å²) in [5.41, 5.74) is -0.471. The Bertz CT molecular complexity index is 403. The summed E-state index contributed by atoms with van der Waals surface area (Å²) in [5.74, 6) is 0.321. The maximum absolute atomic E-state index is 12.4. The number of amides is 2. The Kier molecular flexibility index (Phi) is 6.31. The number of ether oxygens (including phenoxy) is 1. The number of alkyl carbamates (subject to hydrolysis) is 1. The van der Waals surface area contributed by atoms with Crippen molar-refractivity contribution in [1.29, 1.82) is 0 Å². The van der Waals surface area contributed by atoms with E-state index >= 15 is 0 Å². The van der Waals surface area contributed by atoms with E-state index in [9.17, 15) is 9.59 Å². The summed E-state index contributed by atoms with van der Waals surface area (Å²) < 4.78 is 5.29. The van der Waals surface area contributed by atoms with Gasteiger partial charge in [-0.15, -0.1) is 0 Å². The molecular formula is C18H32N2O3. The first-order valence-corrected chi connectivity index (χ1v) is 9.13. The van der Waals surface area contributed by atoms with Crippen LogP contribution in [0.3, 0.4) is 0 Å². The lowest BCUT2D eigenvalue weighted by molar-refractivity contribution is -0.127. The first kappa shape index (κ1) is 18.1. The van der Waals surface area contributed by atoms with Crippen molar-refractivity contribution < 1.29 is 14.3 Å². The van der Waals surface area contributed by atoms with Gasteiger partial charge in [-0.1, -0.05) is 19.3 Å². The minimum absolute atomic E-state index is 0.105. The molecule has 23 heavy (non-hydrogen) atoms. The van der Waals surface area contributed by atoms with Crippen molar-refractivity contribution in [3.05, 3.63) is 0 Å². The summed E-state index contributed by atoms with van der Waals surface area (Å²) in [6, 6.07) is 0.512. The number of rotatable bonds is 3. The molecule has 0 saturated heterocycles. The van der Waals surface area contributed by atoms with E-state index < -0.39 is 5.60 Å². The molecule has 2 amide bonds. The van der Waals surface area contributed by atoms with E-state index in [1.165, 1.54) is 19.3 Å². The third-order valence-corrected chi connectivity index (χ3v) is 4.77. The second-order valence-corrected chi connectivity index (χ2v) is 8.04. The van der Waals surface area contributed by atoms with Gasteiger partial charge in [0.2, 0.25) is 5.91 Å². The number of hydrogen-bond donors (Lipinski definition) is 2. The molecule has 0 unspecified atom stereocenters. The molecule has 2 aliphatic rings. The summed E-state index contributed by atoms with van der Waals surface area (Å²) in [5, 5.41) is 6.15. The van der Waals surface area contributed by atoms with E-state index in [1.807, 2.05) is 20.8 Å². The van der Waals surface area contributed by atoms with Gasteiger partial charge in [-0.3, -0.25) is 4.79 Å². The summed E-state index contributed by atoms with van der Waals surface area (Å²) in [7, 11) is 0. The molecule has 5 nitrogen and oxygen atoms in total. The predicted octanol–water partition coefficient (Wildman–Crippen LogP) is 3.52. The fraction of sp³-hybridized carbons (Fsp3) is 0.889. The van der Waals surface area contributed by atoms with Gasteiger partial charge < -0.3 is 15.4 Å². The van der Waals surface area contributed by atoms with Crippen molar-refractivity contribution in [2.45, 2.75) is 96.2 Å². The molecule has 2 fully saturated rings. The van der Waals surface area contributed by atoms with E-state index in [4.69, 9.17) is 4.74 Å². The molecule has 0 atom stereocenters. The van der Waals surface area contributed by atoms with Crippen molar-refractivity contribution in [3.8, 4) is 0 Å². The molecule has 0 aromatic rings. The second kappa shape index (κ2) is 8.02. The van der Waals surface area contributed by atoms with Crippen molar-refractivity contribution in [3.63, 3.8) is 0 Å². The summed E-state index contributed by atoms with van der Waals surface area (Å²) in [6.07, 6.45) is 9.06. The molecule has 2 N–H and O–H groups in total. The first-order valence-electron chi connectivity index (χ1n) is 9.13. The van der Waals surface area contributed by atoms with E-state index in [0.29, 0.717) is 6.04 Å². The van der Waals surface area contributed by atoms with E-state index in [0.717, 1.165) is 38.5 Å². The Morgan fingerprint density at radius 2 is 1.39 bits per heavy atom. The quantitative estimate of drug-likeness (QED) is 0.834. The molecule has 0 aromatic carbocycles. The summed E-state index contributed by atoms with van der Waals surface area (Å²) >= 11 is 0. The SMILES string of the molecule is CC(C)(C)OC(=O)NC1CCC(C(=O)NC2CCCCC2)CC1. The van der Waals surface area contributed by atoms with Crippen LogP contribution in [-0.2, 0) is 9.53 Å². The summed E-state index contributed by atoms with van der Waals surface area (Å²) in [6.45, 7) is 5.58. The highest BCUT2D eigenvalue weighted by Gasteiger charge is 2.29. The lowest BCUT2D eigenvalue weighted by Crippen LogP contribution is -2.44. The number of nitrogens with one attached hydrogen (secondary N) is 2. The van der Waals surface area contributed by atoms with Crippen molar-refractivity contribution in [1.82, 2.24) is 10.6 Å². The number of hydrogen-bond acceptors (Lipinski definition) is 3. The van der Waals surface area contributed by atoms with Crippen LogP contribution in [0.4, 0.5) is 4.79 Å². The third-order valence-electron chi connectivity index (χ3n) is 4.77. The molecule has 0 aliphatic heterocycles. The molecule has 0 radical (unpaired) electrons. The van der Waals surface area contributed by atoms with E-state index in [1.54, 1.807) is 0 Å². The highest BCUT2D eigenvalue weighted by Crippen LogP contribution is 2.26. The van der Waals surface area contributed by atoms with Crippen LogP contribution in [0.5, 0.6) is 0 Å². The predicted molar refractivity (Wildman–Crippen MR) is 90.1 cm³/mol. The van der Waals surface area contributed by atoms with Gasteiger partial charge >= 0.3 is 6.09 Å². The second-order valence-electron chi connectivity index (χ2n) is 8.04. The minimum Gasteiger partial charge on any atom is -0.444 e. The lowest BCUT2D eigenvalue weighted by Gasteiger charge is -2.31. The van der Waals surface area contributed by atoms with Gasteiger partial charge in [0.05, 0.1) is 0 Å². The van der Waals surface area contributed by atoms with Gasteiger partial charge in [0.1, 0.15) is 5.60 Å². The lowest BCUT2D eigenvalue weighted by atomic mass is 9.85. The molecule has 0 aromatic heterocycles. The topological polar surface area (TPSA) is 67.4 Å². The molecular weight excluding hydrogens is 292 g/mol. The zero-order valence-corrected chi connectivity index (χ0v) is 14.8. The number of carbonyl (C=O) groups excluding carboxylic acids is 2. The molecule has 2 rings (SSSR count). The van der Waals surface area contributed by atoms with Crippen molar-refractivity contribution in [2.24, 2.45) is 5.92 Å². The van der Waals surface area contributed by atoms with Crippen LogP contribution >= 0.6 is 0 Å². The van der Waals surface area contributed by atoms with Crippen LogP contribution in [0.1, 0.15) is 78.6 Å². The normalized spacial score (nSPS) is 26.4. The minimum atomic E-state index is -0.471. The zero-order chi connectivity index (χ0) is 16.9. The van der Waals surface area contributed by atoms with Gasteiger partial charge in [-0.25, -0.2) is 4.79 Å². The molecule has 0 heterocycles. The standard InChI is InChI=1S/C18H32N2O3/c1-18(2,3)23-17(22)20-15-11-9-13(10-12-15)16(21)19-14-7-5-4-6-8-14/h13-15H,4-12H2,1-3H3,(H,19,21)(H,20,22). The highest BCUT2D eigenvalue weighted by molar-refractivity contribution is 5.79. The highest BCUT2D eigenvalue weighted by atomic mass is 16.6. The van der Waals surface area contributed by atoms with Crippen LogP contribution in [0, 0.1) is 5.92 Å². The van der Waals surface area contributed by atoms with Gasteiger partial charge in [0.15, 0.2) is 0 Å². The van der Waals surface area contributed by atoms with Crippen molar-refractivity contribution in [2.75, 3.05) is 0 Å². The molecule has 0 bridgehead atoms. The Labute approximate surface area is 139 Å². The van der Waals surface area contributed by atoms with Crippen LogP contribution < -0.4 is 10.6 Å². The fourth-order valence-corrected chi connectivity index (χ4v) is 3.54. The van der Waals surface area contributed by atoms with Crippen LogP contribution in [0.15, 0.2) is 0 Å². The van der Waals surface area contributed by atoms with Gasteiger partial charge in [-0.05, 0) is 59.3 Å². The zero-order valence-electron chi connectivity index (χ0n) is 14.8. The van der Waals surface area contributed by atoms with Crippen LogP contribution in [-0.4, -0.2) is 29.7 Å². The van der Waals surface area contributed by atoms with Gasteiger partial charge in [0.25, 0.3) is 0 Å².